The van der Waals surface area contributed by atoms with Crippen LogP contribution in [0.3, 0.4) is 0 Å². The topological polar surface area (TPSA) is 50.8 Å². The second-order valence-electron chi connectivity index (χ2n) is 4.58. The first-order chi connectivity index (χ1) is 10.6. The highest BCUT2D eigenvalue weighted by Crippen LogP contribution is 2.39. The van der Waals surface area contributed by atoms with E-state index >= 15 is 0 Å². The molecule has 0 saturated carbocycles. The van der Waals surface area contributed by atoms with Crippen molar-refractivity contribution in [3.8, 4) is 0 Å². The Morgan fingerprint density at radius 1 is 1.14 bits per heavy atom. The second-order valence-corrected chi connectivity index (χ2v) is 7.14. The van der Waals surface area contributed by atoms with Gasteiger partial charge in [0.1, 0.15) is 0 Å². The predicted molar refractivity (Wildman–Crippen MR) is 97.9 cm³/mol. The molecule has 1 aliphatic heterocycles. The first kappa shape index (κ1) is 16.1. The number of hydrazine groups is 1. The number of halogens is 2. The summed E-state index contributed by atoms with van der Waals surface area (Å²) in [5.41, 5.74) is 4.59. The van der Waals surface area contributed by atoms with Crippen molar-refractivity contribution < 1.29 is 14.3 Å². The second kappa shape index (κ2) is 6.79. The highest BCUT2D eigenvalue weighted by Gasteiger charge is 2.45. The zero-order valence-corrected chi connectivity index (χ0v) is 15.6. The van der Waals surface area contributed by atoms with Crippen molar-refractivity contribution in [2.24, 2.45) is 0 Å². The van der Waals surface area contributed by atoms with Gasteiger partial charge in [-0.15, -0.1) is 3.22 Å². The smallest absolute Gasteiger partial charge is 0.341 e. The molecule has 2 aromatic carbocycles. The van der Waals surface area contributed by atoms with Crippen LogP contribution in [-0.2, 0) is 13.2 Å². The van der Waals surface area contributed by atoms with Gasteiger partial charge in [0.2, 0.25) is 3.73 Å². The van der Waals surface area contributed by atoms with Crippen molar-refractivity contribution >= 4 is 51.4 Å². The number of esters is 1. The minimum absolute atomic E-state index is 0.428. The van der Waals surface area contributed by atoms with Crippen molar-refractivity contribution in [1.82, 2.24) is 8.65 Å². The summed E-state index contributed by atoms with van der Waals surface area (Å²) in [4.78, 5) is 12.1. The zero-order valence-electron chi connectivity index (χ0n) is 11.3. The highest BCUT2D eigenvalue weighted by atomic mass is 127. The summed E-state index contributed by atoms with van der Waals surface area (Å²) in [5.74, 6) is -0.428. The van der Waals surface area contributed by atoms with Crippen LogP contribution in [0.1, 0.15) is 15.9 Å². The molecule has 0 spiro atoms. The van der Waals surface area contributed by atoms with Crippen LogP contribution < -0.4 is 5.43 Å². The fourth-order valence-electron chi connectivity index (χ4n) is 1.99. The Bertz CT molecular complexity index is 656. The monoisotopic (exact) mass is 522 g/mol. The fraction of sp³-hybridized carbons (Fsp3) is 0.133. The number of ether oxygens (including phenoxy) is 2. The molecule has 114 valence electrons. The third kappa shape index (κ3) is 3.43. The van der Waals surface area contributed by atoms with E-state index in [1.54, 1.807) is 27.5 Å². The quantitative estimate of drug-likeness (QED) is 0.220. The maximum absolute atomic E-state index is 12.1. The van der Waals surface area contributed by atoms with E-state index in [0.29, 0.717) is 5.56 Å². The SMILES string of the molecule is O=C(OC1OC(I)(c2ccccc2)NN1I)c1ccccc1. The Morgan fingerprint density at radius 3 is 2.36 bits per heavy atom. The Labute approximate surface area is 155 Å². The molecular weight excluding hydrogens is 510 g/mol. The summed E-state index contributed by atoms with van der Waals surface area (Å²) < 4.78 is 12.1. The van der Waals surface area contributed by atoms with Gasteiger partial charge in [-0.1, -0.05) is 48.5 Å². The molecule has 1 fully saturated rings. The molecule has 0 bridgehead atoms. The standard InChI is InChI=1S/C15H12I2N2O3/c16-15(12-9-5-2-6-10-12)18-19(17)14(22-15)21-13(20)11-7-3-1-4-8-11/h1-10,14,18H. The lowest BCUT2D eigenvalue weighted by Crippen LogP contribution is -2.36. The van der Waals surface area contributed by atoms with Gasteiger partial charge in [0.05, 0.1) is 5.56 Å². The molecule has 1 aliphatic rings. The van der Waals surface area contributed by atoms with Crippen molar-refractivity contribution in [1.29, 1.82) is 0 Å². The molecule has 22 heavy (non-hydrogen) atoms. The van der Waals surface area contributed by atoms with E-state index in [9.17, 15) is 4.79 Å². The van der Waals surface area contributed by atoms with Crippen molar-refractivity contribution in [2.45, 2.75) is 10.1 Å². The fourth-order valence-corrected chi connectivity index (χ4v) is 3.86. The highest BCUT2D eigenvalue weighted by molar-refractivity contribution is 14.1. The largest absolute Gasteiger partial charge is 0.415 e. The molecule has 2 aromatic rings. The molecule has 5 nitrogen and oxygen atoms in total. The van der Waals surface area contributed by atoms with Gasteiger partial charge in [0.25, 0.3) is 6.41 Å². The van der Waals surface area contributed by atoms with Crippen molar-refractivity contribution in [2.75, 3.05) is 0 Å². The van der Waals surface area contributed by atoms with E-state index in [4.69, 9.17) is 9.47 Å². The summed E-state index contributed by atoms with van der Waals surface area (Å²) >= 11 is 4.17. The summed E-state index contributed by atoms with van der Waals surface area (Å²) in [7, 11) is 0. The Hall–Kier alpha value is -0.750. The Morgan fingerprint density at radius 2 is 1.73 bits per heavy atom. The molecule has 2 atom stereocenters. The minimum atomic E-state index is -0.814. The molecular formula is C15H12I2N2O3. The molecule has 2 unspecified atom stereocenters. The summed E-state index contributed by atoms with van der Waals surface area (Å²) in [5, 5.41) is 0. The van der Waals surface area contributed by atoms with Crippen molar-refractivity contribution in [3.63, 3.8) is 0 Å². The zero-order chi connectivity index (χ0) is 15.6. The molecule has 7 heteroatoms. The molecule has 3 rings (SSSR count). The summed E-state index contributed by atoms with van der Waals surface area (Å²) in [6.45, 7) is 0. The average molecular weight is 522 g/mol. The van der Waals surface area contributed by atoms with Crippen LogP contribution in [0.15, 0.2) is 60.7 Å². The minimum Gasteiger partial charge on any atom is -0.415 e. The van der Waals surface area contributed by atoms with Gasteiger partial charge in [0.15, 0.2) is 0 Å². The lowest BCUT2D eigenvalue weighted by Gasteiger charge is -2.20. The van der Waals surface area contributed by atoms with Gasteiger partial charge in [0, 0.05) is 28.4 Å². The van der Waals surface area contributed by atoms with Crippen LogP contribution in [0.2, 0.25) is 0 Å². The average Bonchev–Trinajstić information content (AvgIpc) is 2.84. The molecule has 0 amide bonds. The maximum atomic E-state index is 12.1. The lowest BCUT2D eigenvalue weighted by molar-refractivity contribution is -0.134. The number of carbonyl (C=O) groups excluding carboxylic acids is 1. The third-order valence-corrected chi connectivity index (χ3v) is 4.88. The molecule has 0 radical (unpaired) electrons. The lowest BCUT2D eigenvalue weighted by atomic mass is 10.2. The van der Waals surface area contributed by atoms with Gasteiger partial charge in [-0.25, -0.2) is 4.79 Å². The van der Waals surface area contributed by atoms with Crippen LogP contribution in [0.5, 0.6) is 0 Å². The third-order valence-electron chi connectivity index (χ3n) is 3.06. The number of hydrogen-bond acceptors (Lipinski definition) is 5. The normalized spacial score (nSPS) is 25.1. The molecule has 1 heterocycles. The van der Waals surface area contributed by atoms with E-state index in [1.165, 1.54) is 0 Å². The molecule has 1 N–H and O–H groups in total. The van der Waals surface area contributed by atoms with Crippen LogP contribution in [0.4, 0.5) is 0 Å². The van der Waals surface area contributed by atoms with Gasteiger partial charge in [-0.2, -0.15) is 5.43 Å². The number of nitrogens with zero attached hydrogens (tertiary/aromatic N) is 1. The molecule has 0 aromatic heterocycles. The van der Waals surface area contributed by atoms with Gasteiger partial charge in [-0.3, -0.25) is 4.74 Å². The predicted octanol–water partition coefficient (Wildman–Crippen LogP) is 3.56. The molecule has 1 saturated heterocycles. The van der Waals surface area contributed by atoms with Crippen LogP contribution in [0.25, 0.3) is 0 Å². The number of alkyl halides is 1. The number of nitrogens with one attached hydrogen (secondary N) is 1. The van der Waals surface area contributed by atoms with Gasteiger partial charge >= 0.3 is 5.97 Å². The van der Waals surface area contributed by atoms with E-state index in [-0.39, 0.29) is 0 Å². The number of carbonyl (C=O) groups is 1. The number of hydrogen-bond donors (Lipinski definition) is 1. The Kier molecular flexibility index (Phi) is 4.97. The first-order valence-corrected chi connectivity index (χ1v) is 8.54. The van der Waals surface area contributed by atoms with E-state index in [0.717, 1.165) is 5.56 Å². The van der Waals surface area contributed by atoms with Crippen LogP contribution in [0, 0.1) is 0 Å². The van der Waals surface area contributed by atoms with Crippen LogP contribution in [-0.4, -0.2) is 15.6 Å². The first-order valence-electron chi connectivity index (χ1n) is 6.49. The number of rotatable bonds is 3. The van der Waals surface area contributed by atoms with E-state index < -0.39 is 16.1 Å². The maximum Gasteiger partial charge on any atom is 0.341 e. The summed E-state index contributed by atoms with van der Waals surface area (Å²) in [6, 6.07) is 18.5. The van der Waals surface area contributed by atoms with Crippen LogP contribution >= 0.6 is 45.5 Å². The van der Waals surface area contributed by atoms with Gasteiger partial charge < -0.3 is 4.74 Å². The molecule has 0 aliphatic carbocycles. The van der Waals surface area contributed by atoms with E-state index in [1.807, 2.05) is 59.3 Å². The summed E-state index contributed by atoms with van der Waals surface area (Å²) in [6.07, 6.45) is -0.814. The number of benzene rings is 2. The van der Waals surface area contributed by atoms with Crippen molar-refractivity contribution in [3.05, 3.63) is 71.8 Å². The van der Waals surface area contributed by atoms with Gasteiger partial charge in [-0.05, 0) is 34.7 Å². The van der Waals surface area contributed by atoms with E-state index in [2.05, 4.69) is 28.0 Å². The Balaban J connectivity index is 1.73.